The molecule has 2 aromatic rings. The van der Waals surface area contributed by atoms with Crippen molar-refractivity contribution in [3.8, 4) is 0 Å². The van der Waals surface area contributed by atoms with Gasteiger partial charge in [0.1, 0.15) is 5.82 Å². The fourth-order valence-corrected chi connectivity index (χ4v) is 2.45. The monoisotopic (exact) mass is 329 g/mol. The first kappa shape index (κ1) is 17.9. The van der Waals surface area contributed by atoms with Crippen LogP contribution in [-0.4, -0.2) is 29.5 Å². The van der Waals surface area contributed by atoms with Crippen LogP contribution in [0.3, 0.4) is 0 Å². The van der Waals surface area contributed by atoms with E-state index in [4.69, 9.17) is 0 Å². The number of halogens is 1. The lowest BCUT2D eigenvalue weighted by molar-refractivity contribution is 0.192. The van der Waals surface area contributed by atoms with E-state index >= 15 is 0 Å². The lowest BCUT2D eigenvalue weighted by Gasteiger charge is -2.29. The predicted molar refractivity (Wildman–Crippen MR) is 93.2 cm³/mol. The summed E-state index contributed by atoms with van der Waals surface area (Å²) in [5.74, 6) is -0.261. The minimum Gasteiger partial charge on any atom is -0.337 e. The molecule has 1 unspecified atom stereocenters. The molecule has 1 N–H and O–H groups in total. The molecule has 1 aromatic carbocycles. The molecule has 128 valence electrons. The number of urea groups is 1. The standard InChI is InChI=1S/C19H24FN3O/c1-14(15-6-5-11-21-12-15)23(4)18(24)22-13-19(2,3)16-7-9-17(20)10-8-16/h5-12,14H,13H2,1-4H3,(H,22,24). The van der Waals surface area contributed by atoms with E-state index in [9.17, 15) is 9.18 Å². The molecule has 0 fully saturated rings. The normalized spacial score (nSPS) is 12.5. The van der Waals surface area contributed by atoms with Gasteiger partial charge in [0.25, 0.3) is 0 Å². The molecule has 2 amide bonds. The number of rotatable bonds is 5. The Bertz CT molecular complexity index is 671. The zero-order valence-electron chi connectivity index (χ0n) is 14.6. The number of hydrogen-bond acceptors (Lipinski definition) is 2. The molecular weight excluding hydrogens is 305 g/mol. The summed E-state index contributed by atoms with van der Waals surface area (Å²) in [6.45, 7) is 6.46. The van der Waals surface area contributed by atoms with Gasteiger partial charge in [-0.05, 0) is 36.2 Å². The number of amides is 2. The van der Waals surface area contributed by atoms with Crippen molar-refractivity contribution in [2.75, 3.05) is 13.6 Å². The Hall–Kier alpha value is -2.43. The number of benzene rings is 1. The smallest absolute Gasteiger partial charge is 0.317 e. The Morgan fingerprint density at radius 1 is 1.29 bits per heavy atom. The predicted octanol–water partition coefficient (Wildman–Crippen LogP) is 3.90. The quantitative estimate of drug-likeness (QED) is 0.904. The van der Waals surface area contributed by atoms with E-state index in [-0.39, 0.29) is 23.3 Å². The Balaban J connectivity index is 1.97. The first-order valence-corrected chi connectivity index (χ1v) is 7.98. The molecule has 2 rings (SSSR count). The molecule has 0 saturated carbocycles. The van der Waals surface area contributed by atoms with Gasteiger partial charge in [0.15, 0.2) is 0 Å². The first-order chi connectivity index (χ1) is 11.3. The van der Waals surface area contributed by atoms with E-state index in [1.54, 1.807) is 36.5 Å². The summed E-state index contributed by atoms with van der Waals surface area (Å²) >= 11 is 0. The highest BCUT2D eigenvalue weighted by Gasteiger charge is 2.24. The van der Waals surface area contributed by atoms with Gasteiger partial charge in [-0.25, -0.2) is 9.18 Å². The van der Waals surface area contributed by atoms with Crippen molar-refractivity contribution in [1.29, 1.82) is 0 Å². The van der Waals surface area contributed by atoms with E-state index in [1.807, 2.05) is 32.9 Å². The zero-order chi connectivity index (χ0) is 17.7. The minimum absolute atomic E-state index is 0.0763. The van der Waals surface area contributed by atoms with Crippen molar-refractivity contribution in [1.82, 2.24) is 15.2 Å². The second-order valence-electron chi connectivity index (χ2n) is 6.62. The van der Waals surface area contributed by atoms with Gasteiger partial charge in [0.05, 0.1) is 6.04 Å². The molecule has 0 aliphatic heterocycles. The topological polar surface area (TPSA) is 45.2 Å². The van der Waals surface area contributed by atoms with E-state index in [2.05, 4.69) is 10.3 Å². The molecule has 0 saturated heterocycles. The summed E-state index contributed by atoms with van der Waals surface area (Å²) in [6, 6.07) is 9.96. The lowest BCUT2D eigenvalue weighted by atomic mass is 9.84. The maximum atomic E-state index is 13.1. The summed E-state index contributed by atoms with van der Waals surface area (Å²) in [5, 5.41) is 2.96. The highest BCUT2D eigenvalue weighted by atomic mass is 19.1. The van der Waals surface area contributed by atoms with Crippen LogP contribution in [0.4, 0.5) is 9.18 Å². The number of nitrogens with one attached hydrogen (secondary N) is 1. The third kappa shape index (κ3) is 4.31. The average Bonchev–Trinajstić information content (AvgIpc) is 2.59. The summed E-state index contributed by atoms with van der Waals surface area (Å²) in [5.41, 5.74) is 1.67. The number of carbonyl (C=O) groups is 1. The number of hydrogen-bond donors (Lipinski definition) is 1. The number of nitrogens with zero attached hydrogens (tertiary/aromatic N) is 2. The van der Waals surface area contributed by atoms with Gasteiger partial charge in [0, 0.05) is 31.4 Å². The fraction of sp³-hybridized carbons (Fsp3) is 0.368. The second kappa shape index (κ2) is 7.43. The van der Waals surface area contributed by atoms with Gasteiger partial charge < -0.3 is 10.2 Å². The van der Waals surface area contributed by atoms with Crippen LogP contribution in [0.25, 0.3) is 0 Å². The van der Waals surface area contributed by atoms with Crippen molar-refractivity contribution in [3.63, 3.8) is 0 Å². The minimum atomic E-state index is -0.290. The van der Waals surface area contributed by atoms with Crippen LogP contribution in [0.1, 0.15) is 37.9 Å². The van der Waals surface area contributed by atoms with Crippen molar-refractivity contribution < 1.29 is 9.18 Å². The third-order valence-corrected chi connectivity index (χ3v) is 4.38. The van der Waals surface area contributed by atoms with Crippen LogP contribution >= 0.6 is 0 Å². The van der Waals surface area contributed by atoms with Gasteiger partial charge >= 0.3 is 6.03 Å². The lowest BCUT2D eigenvalue weighted by Crippen LogP contribution is -2.44. The SMILES string of the molecule is CC(c1cccnc1)N(C)C(=O)NCC(C)(C)c1ccc(F)cc1. The van der Waals surface area contributed by atoms with Crippen molar-refractivity contribution in [2.45, 2.75) is 32.2 Å². The van der Waals surface area contributed by atoms with Gasteiger partial charge in [-0.15, -0.1) is 0 Å². The highest BCUT2D eigenvalue weighted by Crippen LogP contribution is 2.23. The molecule has 1 heterocycles. The fourth-order valence-electron chi connectivity index (χ4n) is 2.45. The van der Waals surface area contributed by atoms with E-state index in [0.29, 0.717) is 6.54 Å². The van der Waals surface area contributed by atoms with Crippen LogP contribution in [-0.2, 0) is 5.41 Å². The molecule has 0 bridgehead atoms. The molecule has 24 heavy (non-hydrogen) atoms. The first-order valence-electron chi connectivity index (χ1n) is 7.98. The van der Waals surface area contributed by atoms with Gasteiger partial charge in [-0.3, -0.25) is 4.98 Å². The molecular formula is C19H24FN3O. The van der Waals surface area contributed by atoms with Crippen LogP contribution < -0.4 is 5.32 Å². The second-order valence-corrected chi connectivity index (χ2v) is 6.62. The van der Waals surface area contributed by atoms with Gasteiger partial charge in [-0.2, -0.15) is 0 Å². The maximum absolute atomic E-state index is 13.1. The number of pyridine rings is 1. The van der Waals surface area contributed by atoms with Crippen LogP contribution in [0, 0.1) is 5.82 Å². The van der Waals surface area contributed by atoms with Crippen LogP contribution in [0.15, 0.2) is 48.8 Å². The summed E-state index contributed by atoms with van der Waals surface area (Å²) in [7, 11) is 1.76. The number of carbonyl (C=O) groups excluding carboxylic acids is 1. The molecule has 1 aromatic heterocycles. The van der Waals surface area contributed by atoms with Crippen molar-refractivity contribution in [2.24, 2.45) is 0 Å². The Labute approximate surface area is 142 Å². The van der Waals surface area contributed by atoms with Gasteiger partial charge in [-0.1, -0.05) is 32.0 Å². The Morgan fingerprint density at radius 3 is 2.54 bits per heavy atom. The van der Waals surface area contributed by atoms with E-state index < -0.39 is 0 Å². The Kier molecular flexibility index (Phi) is 5.54. The zero-order valence-corrected chi connectivity index (χ0v) is 14.6. The third-order valence-electron chi connectivity index (χ3n) is 4.38. The van der Waals surface area contributed by atoms with Crippen molar-refractivity contribution in [3.05, 3.63) is 65.7 Å². The molecule has 0 aliphatic rings. The van der Waals surface area contributed by atoms with E-state index in [1.165, 1.54) is 12.1 Å². The van der Waals surface area contributed by atoms with Crippen LogP contribution in [0.2, 0.25) is 0 Å². The molecule has 4 nitrogen and oxygen atoms in total. The average molecular weight is 329 g/mol. The number of aromatic nitrogens is 1. The molecule has 0 aliphatic carbocycles. The van der Waals surface area contributed by atoms with Crippen LogP contribution in [0.5, 0.6) is 0 Å². The molecule has 1 atom stereocenters. The van der Waals surface area contributed by atoms with Crippen molar-refractivity contribution >= 4 is 6.03 Å². The van der Waals surface area contributed by atoms with E-state index in [0.717, 1.165) is 11.1 Å². The largest absolute Gasteiger partial charge is 0.337 e. The summed E-state index contributed by atoms with van der Waals surface area (Å²) in [4.78, 5) is 18.2. The molecule has 0 spiro atoms. The highest BCUT2D eigenvalue weighted by molar-refractivity contribution is 5.74. The van der Waals surface area contributed by atoms with Gasteiger partial charge in [0.2, 0.25) is 0 Å². The summed E-state index contributed by atoms with van der Waals surface area (Å²) in [6.07, 6.45) is 3.47. The summed E-state index contributed by atoms with van der Waals surface area (Å²) < 4.78 is 13.1. The maximum Gasteiger partial charge on any atom is 0.317 e. The molecule has 5 heteroatoms. The Morgan fingerprint density at radius 2 is 1.96 bits per heavy atom. The molecule has 0 radical (unpaired) electrons.